The lowest BCUT2D eigenvalue weighted by Gasteiger charge is -2.14. The molecule has 0 radical (unpaired) electrons. The van der Waals surface area contributed by atoms with E-state index in [9.17, 15) is 4.39 Å². The minimum atomic E-state index is -0.272. The summed E-state index contributed by atoms with van der Waals surface area (Å²) in [5.74, 6) is 0.346. The van der Waals surface area contributed by atoms with Crippen molar-refractivity contribution in [1.29, 1.82) is 0 Å². The van der Waals surface area contributed by atoms with Crippen molar-refractivity contribution in [2.75, 3.05) is 6.54 Å². The lowest BCUT2D eigenvalue weighted by molar-refractivity contribution is 0.284. The van der Waals surface area contributed by atoms with E-state index >= 15 is 0 Å². The summed E-state index contributed by atoms with van der Waals surface area (Å²) in [5.41, 5.74) is 2.45. The fourth-order valence-electron chi connectivity index (χ4n) is 2.17. The quantitative estimate of drug-likeness (QED) is 0.831. The van der Waals surface area contributed by atoms with Gasteiger partial charge in [-0.2, -0.15) is 0 Å². The van der Waals surface area contributed by atoms with Gasteiger partial charge in [0.2, 0.25) is 5.90 Å². The maximum atomic E-state index is 13.2. The Morgan fingerprint density at radius 3 is 2.70 bits per heavy atom. The Morgan fingerprint density at radius 2 is 1.95 bits per heavy atom. The minimum Gasteiger partial charge on any atom is -0.467 e. The second kappa shape index (κ2) is 5.29. The van der Waals surface area contributed by atoms with Crippen LogP contribution in [0.1, 0.15) is 11.1 Å². The van der Waals surface area contributed by atoms with Gasteiger partial charge in [0.25, 0.3) is 0 Å². The van der Waals surface area contributed by atoms with Crippen LogP contribution in [0.4, 0.5) is 4.39 Å². The lowest BCUT2D eigenvalue weighted by Crippen LogP contribution is -2.15. The van der Waals surface area contributed by atoms with Crippen molar-refractivity contribution in [3.05, 3.63) is 78.1 Å². The van der Waals surface area contributed by atoms with Crippen molar-refractivity contribution in [3.63, 3.8) is 0 Å². The fourth-order valence-corrected chi connectivity index (χ4v) is 2.17. The van der Waals surface area contributed by atoms with E-state index in [0.717, 1.165) is 16.7 Å². The Hall–Kier alpha value is -2.42. The third kappa shape index (κ3) is 2.48. The van der Waals surface area contributed by atoms with Gasteiger partial charge in [-0.3, -0.25) is 0 Å². The smallest absolute Gasteiger partial charge is 0.216 e. The van der Waals surface area contributed by atoms with Gasteiger partial charge in [-0.25, -0.2) is 9.38 Å². The van der Waals surface area contributed by atoms with Crippen LogP contribution in [-0.4, -0.2) is 18.5 Å². The van der Waals surface area contributed by atoms with Gasteiger partial charge in [0, 0.05) is 5.56 Å². The van der Waals surface area contributed by atoms with Crippen LogP contribution in [0, 0.1) is 5.82 Å². The Morgan fingerprint density at radius 1 is 1.15 bits per heavy atom. The van der Waals surface area contributed by atoms with Gasteiger partial charge in [-0.05, 0) is 35.4 Å². The molecule has 0 bridgehead atoms. The lowest BCUT2D eigenvalue weighted by atomic mass is 10.0. The van der Waals surface area contributed by atoms with Crippen LogP contribution in [0.2, 0.25) is 0 Å². The van der Waals surface area contributed by atoms with Crippen LogP contribution in [0.5, 0.6) is 0 Å². The third-order valence-corrected chi connectivity index (χ3v) is 3.26. The first-order valence-corrected chi connectivity index (χ1v) is 6.45. The molecular formula is C17H14FNO. The summed E-state index contributed by atoms with van der Waals surface area (Å²) in [4.78, 5) is 4.40. The zero-order chi connectivity index (χ0) is 13.9. The Labute approximate surface area is 117 Å². The van der Waals surface area contributed by atoms with Crippen LogP contribution in [0.25, 0.3) is 5.57 Å². The van der Waals surface area contributed by atoms with Crippen molar-refractivity contribution >= 4 is 11.5 Å². The second-order valence-electron chi connectivity index (χ2n) is 4.65. The van der Waals surface area contributed by atoms with Crippen molar-refractivity contribution in [3.8, 4) is 0 Å². The molecular weight excluding hydrogens is 253 g/mol. The number of nitrogens with zero attached hydrogens (tertiary/aromatic N) is 1. The number of hydrogen-bond acceptors (Lipinski definition) is 2. The molecule has 2 aromatic carbocycles. The van der Waals surface area contributed by atoms with E-state index < -0.39 is 0 Å². The summed E-state index contributed by atoms with van der Waals surface area (Å²) in [7, 11) is 0. The molecule has 3 heteroatoms. The van der Waals surface area contributed by atoms with Gasteiger partial charge in [0.1, 0.15) is 11.9 Å². The summed E-state index contributed by atoms with van der Waals surface area (Å²) in [6, 6.07) is 16.1. The first-order valence-electron chi connectivity index (χ1n) is 6.45. The Bertz CT molecular complexity index is 664. The average molecular weight is 267 g/mol. The van der Waals surface area contributed by atoms with Crippen molar-refractivity contribution in [2.24, 2.45) is 4.99 Å². The number of benzene rings is 2. The summed E-state index contributed by atoms with van der Waals surface area (Å²) in [6.45, 7) is 4.52. The maximum absolute atomic E-state index is 13.2. The van der Waals surface area contributed by atoms with Crippen molar-refractivity contribution < 1.29 is 9.13 Å². The molecule has 0 saturated heterocycles. The highest BCUT2D eigenvalue weighted by Crippen LogP contribution is 2.24. The molecule has 0 aliphatic carbocycles. The molecule has 0 N–H and O–H groups in total. The summed E-state index contributed by atoms with van der Waals surface area (Å²) < 4.78 is 19.1. The maximum Gasteiger partial charge on any atom is 0.216 e. The van der Waals surface area contributed by atoms with Gasteiger partial charge < -0.3 is 4.74 Å². The monoisotopic (exact) mass is 267 g/mol. The van der Waals surface area contributed by atoms with Crippen LogP contribution in [0.3, 0.4) is 0 Å². The molecule has 0 saturated carbocycles. The topological polar surface area (TPSA) is 21.6 Å². The first kappa shape index (κ1) is 12.6. The molecule has 100 valence electrons. The van der Waals surface area contributed by atoms with E-state index in [1.165, 1.54) is 12.1 Å². The molecule has 2 aromatic rings. The van der Waals surface area contributed by atoms with E-state index in [1.807, 2.05) is 36.4 Å². The zero-order valence-electron chi connectivity index (χ0n) is 10.9. The average Bonchev–Trinajstić information content (AvgIpc) is 2.97. The standard InChI is InChI=1S/C17H14FNO/c1-12(14-8-5-9-15(18)10-14)16-11-19-17(20-16)13-6-3-2-4-7-13/h2-10,16H,1,11H2. The predicted molar refractivity (Wildman–Crippen MR) is 78.2 cm³/mol. The van der Waals surface area contributed by atoms with Gasteiger partial charge in [0.05, 0.1) is 6.54 Å². The molecule has 1 unspecified atom stereocenters. The molecule has 0 aromatic heterocycles. The molecule has 3 rings (SSSR count). The number of ether oxygens (including phenoxy) is 1. The van der Waals surface area contributed by atoms with Gasteiger partial charge in [-0.1, -0.05) is 36.9 Å². The molecule has 0 spiro atoms. The minimum absolute atomic E-state index is 0.230. The molecule has 0 amide bonds. The van der Waals surface area contributed by atoms with Gasteiger partial charge in [-0.15, -0.1) is 0 Å². The van der Waals surface area contributed by atoms with Crippen molar-refractivity contribution in [2.45, 2.75) is 6.10 Å². The summed E-state index contributed by atoms with van der Waals surface area (Å²) >= 11 is 0. The molecule has 1 aliphatic heterocycles. The number of halogens is 1. The van der Waals surface area contributed by atoms with Crippen LogP contribution in [-0.2, 0) is 4.74 Å². The van der Waals surface area contributed by atoms with Crippen LogP contribution < -0.4 is 0 Å². The highest BCUT2D eigenvalue weighted by atomic mass is 19.1. The number of rotatable bonds is 3. The highest BCUT2D eigenvalue weighted by molar-refractivity contribution is 5.96. The van der Waals surface area contributed by atoms with Gasteiger partial charge in [0.15, 0.2) is 0 Å². The fraction of sp³-hybridized carbons (Fsp3) is 0.118. The molecule has 1 aliphatic rings. The second-order valence-corrected chi connectivity index (χ2v) is 4.65. The molecule has 1 atom stereocenters. The SMILES string of the molecule is C=C(c1cccc(F)c1)C1CN=C(c2ccccc2)O1. The third-order valence-electron chi connectivity index (χ3n) is 3.26. The van der Waals surface area contributed by atoms with E-state index in [1.54, 1.807) is 6.07 Å². The summed E-state index contributed by atoms with van der Waals surface area (Å²) in [5, 5.41) is 0. The highest BCUT2D eigenvalue weighted by Gasteiger charge is 2.24. The molecule has 0 fully saturated rings. The van der Waals surface area contributed by atoms with Crippen molar-refractivity contribution in [1.82, 2.24) is 0 Å². The van der Waals surface area contributed by atoms with E-state index in [4.69, 9.17) is 4.74 Å². The number of hydrogen-bond donors (Lipinski definition) is 0. The molecule has 1 heterocycles. The summed E-state index contributed by atoms with van der Waals surface area (Å²) in [6.07, 6.45) is -0.230. The Balaban J connectivity index is 1.75. The molecule has 20 heavy (non-hydrogen) atoms. The largest absolute Gasteiger partial charge is 0.467 e. The molecule has 2 nitrogen and oxygen atoms in total. The normalized spacial score (nSPS) is 17.4. The van der Waals surface area contributed by atoms with E-state index in [0.29, 0.717) is 12.4 Å². The zero-order valence-corrected chi connectivity index (χ0v) is 10.9. The van der Waals surface area contributed by atoms with Gasteiger partial charge >= 0.3 is 0 Å². The Kier molecular flexibility index (Phi) is 3.33. The van der Waals surface area contributed by atoms with Crippen LogP contribution in [0.15, 0.2) is 66.2 Å². The first-order chi connectivity index (χ1) is 9.74. The van der Waals surface area contributed by atoms with E-state index in [2.05, 4.69) is 11.6 Å². The predicted octanol–water partition coefficient (Wildman–Crippen LogP) is 3.68. The number of aliphatic imine (C=N–C) groups is 1. The van der Waals surface area contributed by atoms with Crippen LogP contribution >= 0.6 is 0 Å². The van der Waals surface area contributed by atoms with E-state index in [-0.39, 0.29) is 11.9 Å².